The summed E-state index contributed by atoms with van der Waals surface area (Å²) in [5.41, 5.74) is 2.52. The van der Waals surface area contributed by atoms with Gasteiger partial charge >= 0.3 is 0 Å². The van der Waals surface area contributed by atoms with Crippen molar-refractivity contribution in [3.63, 3.8) is 0 Å². The zero-order chi connectivity index (χ0) is 11.3. The van der Waals surface area contributed by atoms with Gasteiger partial charge in [0.2, 0.25) is 0 Å². The van der Waals surface area contributed by atoms with Crippen LogP contribution in [-0.2, 0) is 0 Å². The van der Waals surface area contributed by atoms with Crippen LogP contribution in [0.1, 0.15) is 18.9 Å². The monoisotopic (exact) mass is 287 g/mol. The van der Waals surface area contributed by atoms with E-state index in [1.165, 1.54) is 5.57 Å². The third kappa shape index (κ3) is 3.98. The molecular weight excluding hydrogens is 273 g/mol. The van der Waals surface area contributed by atoms with Gasteiger partial charge in [0.05, 0.1) is 5.02 Å². The average Bonchev–Trinajstić information content (AvgIpc) is 2.23. The summed E-state index contributed by atoms with van der Waals surface area (Å²) in [5.74, 6) is 0. The highest BCUT2D eigenvalue weighted by Gasteiger charge is 1.98. The summed E-state index contributed by atoms with van der Waals surface area (Å²) >= 11 is 9.40. The predicted octanol–water partition coefficient (Wildman–Crippen LogP) is 4.12. The van der Waals surface area contributed by atoms with E-state index in [-0.39, 0.29) is 0 Å². The largest absolute Gasteiger partial charge is 0.316 e. The first-order chi connectivity index (χ1) is 7.17. The first-order valence-corrected chi connectivity index (χ1v) is 6.13. The Morgan fingerprint density at radius 3 is 2.80 bits per heavy atom. The minimum atomic E-state index is 0.753. The molecule has 0 atom stereocenters. The molecule has 15 heavy (non-hydrogen) atoms. The van der Waals surface area contributed by atoms with Crippen LogP contribution < -0.4 is 5.32 Å². The van der Waals surface area contributed by atoms with E-state index >= 15 is 0 Å². The standard InChI is InChI=1S/C12H15BrClN/c1-3-9(8-15-2)6-10-4-5-11(13)12(14)7-10/h4-7,15H,3,8H2,1-2H3/b9-6-. The van der Waals surface area contributed by atoms with Crippen molar-refractivity contribution in [1.29, 1.82) is 0 Å². The molecular formula is C12H15BrClN. The van der Waals surface area contributed by atoms with Gasteiger partial charge in [-0.25, -0.2) is 0 Å². The molecule has 0 bridgehead atoms. The van der Waals surface area contributed by atoms with Crippen molar-refractivity contribution in [2.75, 3.05) is 13.6 Å². The molecule has 1 N–H and O–H groups in total. The van der Waals surface area contributed by atoms with Crippen molar-refractivity contribution < 1.29 is 0 Å². The topological polar surface area (TPSA) is 12.0 Å². The Morgan fingerprint density at radius 2 is 2.27 bits per heavy atom. The second-order valence-corrected chi connectivity index (χ2v) is 4.62. The molecule has 0 aromatic heterocycles. The van der Waals surface area contributed by atoms with Crippen molar-refractivity contribution >= 4 is 33.6 Å². The van der Waals surface area contributed by atoms with Gasteiger partial charge in [-0.05, 0) is 47.1 Å². The molecule has 1 aromatic carbocycles. The fourth-order valence-corrected chi connectivity index (χ4v) is 1.78. The maximum Gasteiger partial charge on any atom is 0.0554 e. The minimum absolute atomic E-state index is 0.753. The molecule has 0 radical (unpaired) electrons. The van der Waals surface area contributed by atoms with Gasteiger partial charge in [-0.2, -0.15) is 0 Å². The van der Waals surface area contributed by atoms with E-state index in [2.05, 4.69) is 40.3 Å². The number of nitrogens with one attached hydrogen (secondary N) is 1. The van der Waals surface area contributed by atoms with E-state index in [0.29, 0.717) is 0 Å². The van der Waals surface area contributed by atoms with Gasteiger partial charge in [-0.1, -0.05) is 36.2 Å². The Hall–Kier alpha value is -0.310. The van der Waals surface area contributed by atoms with Gasteiger partial charge in [0.25, 0.3) is 0 Å². The fourth-order valence-electron chi connectivity index (χ4n) is 1.34. The molecule has 0 heterocycles. The quantitative estimate of drug-likeness (QED) is 0.879. The normalized spacial score (nSPS) is 11.9. The molecule has 0 amide bonds. The lowest BCUT2D eigenvalue weighted by Crippen LogP contribution is -2.09. The second-order valence-electron chi connectivity index (χ2n) is 3.36. The van der Waals surface area contributed by atoms with Gasteiger partial charge < -0.3 is 5.32 Å². The summed E-state index contributed by atoms with van der Waals surface area (Å²) in [5, 5.41) is 3.91. The summed E-state index contributed by atoms with van der Waals surface area (Å²) in [4.78, 5) is 0. The van der Waals surface area contributed by atoms with Crippen molar-refractivity contribution in [3.05, 3.63) is 38.8 Å². The van der Waals surface area contributed by atoms with Gasteiger partial charge in [-0.3, -0.25) is 0 Å². The molecule has 0 saturated carbocycles. The molecule has 1 nitrogen and oxygen atoms in total. The van der Waals surface area contributed by atoms with Gasteiger partial charge in [0.15, 0.2) is 0 Å². The average molecular weight is 289 g/mol. The molecule has 1 aromatic rings. The molecule has 3 heteroatoms. The highest BCUT2D eigenvalue weighted by atomic mass is 79.9. The smallest absolute Gasteiger partial charge is 0.0554 e. The van der Waals surface area contributed by atoms with Crippen molar-refractivity contribution in [2.45, 2.75) is 13.3 Å². The third-order valence-electron chi connectivity index (χ3n) is 2.17. The van der Waals surface area contributed by atoms with Crippen LogP contribution >= 0.6 is 27.5 Å². The number of hydrogen-bond acceptors (Lipinski definition) is 1. The molecule has 0 aliphatic rings. The SMILES string of the molecule is CC/C(=C/c1ccc(Br)c(Cl)c1)CNC. The number of halogens is 2. The second kappa shape index (κ2) is 6.31. The number of benzene rings is 1. The highest BCUT2D eigenvalue weighted by molar-refractivity contribution is 9.10. The van der Waals surface area contributed by atoms with Crippen LogP contribution in [0.3, 0.4) is 0 Å². The Kier molecular flexibility index (Phi) is 5.37. The summed E-state index contributed by atoms with van der Waals surface area (Å²) in [6.07, 6.45) is 3.23. The Bertz CT molecular complexity index is 361. The van der Waals surface area contributed by atoms with E-state index in [4.69, 9.17) is 11.6 Å². The summed E-state index contributed by atoms with van der Waals surface area (Å²) < 4.78 is 0.938. The summed E-state index contributed by atoms with van der Waals surface area (Å²) in [6, 6.07) is 6.00. The van der Waals surface area contributed by atoms with Gasteiger partial charge in [0.1, 0.15) is 0 Å². The van der Waals surface area contributed by atoms with Crippen molar-refractivity contribution in [3.8, 4) is 0 Å². The van der Waals surface area contributed by atoms with Gasteiger partial charge in [0, 0.05) is 11.0 Å². The Morgan fingerprint density at radius 1 is 1.53 bits per heavy atom. The summed E-state index contributed by atoms with van der Waals surface area (Å²) in [6.45, 7) is 3.08. The fraction of sp³-hybridized carbons (Fsp3) is 0.333. The highest BCUT2D eigenvalue weighted by Crippen LogP contribution is 2.24. The Balaban J connectivity index is 2.91. The van der Waals surface area contributed by atoms with Crippen LogP contribution in [-0.4, -0.2) is 13.6 Å². The first kappa shape index (κ1) is 12.8. The van der Waals surface area contributed by atoms with Crippen LogP contribution in [0.5, 0.6) is 0 Å². The minimum Gasteiger partial charge on any atom is -0.316 e. The van der Waals surface area contributed by atoms with Crippen LogP contribution in [0.4, 0.5) is 0 Å². The summed E-state index contributed by atoms with van der Waals surface area (Å²) in [7, 11) is 1.96. The predicted molar refractivity (Wildman–Crippen MR) is 71.3 cm³/mol. The van der Waals surface area contributed by atoms with Crippen molar-refractivity contribution in [1.82, 2.24) is 5.32 Å². The van der Waals surface area contributed by atoms with E-state index in [9.17, 15) is 0 Å². The van der Waals surface area contributed by atoms with E-state index in [0.717, 1.165) is 28.0 Å². The lowest BCUT2D eigenvalue weighted by atomic mass is 10.1. The molecule has 1 rings (SSSR count). The lowest BCUT2D eigenvalue weighted by molar-refractivity contribution is 0.851. The van der Waals surface area contributed by atoms with Crippen LogP contribution in [0.15, 0.2) is 28.2 Å². The van der Waals surface area contributed by atoms with Crippen LogP contribution in [0.25, 0.3) is 6.08 Å². The number of likely N-dealkylation sites (N-methyl/N-ethyl adjacent to an activating group) is 1. The van der Waals surface area contributed by atoms with E-state index in [1.807, 2.05) is 19.2 Å². The first-order valence-electron chi connectivity index (χ1n) is 4.96. The molecule has 0 aliphatic heterocycles. The maximum atomic E-state index is 6.03. The van der Waals surface area contributed by atoms with Gasteiger partial charge in [-0.15, -0.1) is 0 Å². The molecule has 0 fully saturated rings. The zero-order valence-electron chi connectivity index (χ0n) is 8.98. The lowest BCUT2D eigenvalue weighted by Gasteiger charge is -2.04. The molecule has 0 spiro atoms. The molecule has 0 saturated heterocycles. The maximum absolute atomic E-state index is 6.03. The molecule has 0 unspecified atom stereocenters. The molecule has 82 valence electrons. The molecule has 0 aliphatic carbocycles. The van der Waals surface area contributed by atoms with Crippen molar-refractivity contribution in [2.24, 2.45) is 0 Å². The Labute approximate surface area is 105 Å². The van der Waals surface area contributed by atoms with Crippen LogP contribution in [0, 0.1) is 0 Å². The number of rotatable bonds is 4. The van der Waals surface area contributed by atoms with Crippen LogP contribution in [0.2, 0.25) is 5.02 Å². The number of hydrogen-bond donors (Lipinski definition) is 1. The zero-order valence-corrected chi connectivity index (χ0v) is 11.3. The van der Waals surface area contributed by atoms with E-state index < -0.39 is 0 Å². The third-order valence-corrected chi connectivity index (χ3v) is 3.40. The van der Waals surface area contributed by atoms with E-state index in [1.54, 1.807) is 0 Å².